The van der Waals surface area contributed by atoms with Gasteiger partial charge in [0.15, 0.2) is 0 Å². The van der Waals surface area contributed by atoms with Gasteiger partial charge in [-0.25, -0.2) is 0 Å². The van der Waals surface area contributed by atoms with Crippen molar-refractivity contribution in [2.75, 3.05) is 11.9 Å². The lowest BCUT2D eigenvalue weighted by atomic mass is 10.2. The van der Waals surface area contributed by atoms with Gasteiger partial charge in [0.2, 0.25) is 5.91 Å². The van der Waals surface area contributed by atoms with Gasteiger partial charge in [0.05, 0.1) is 6.54 Å². The summed E-state index contributed by atoms with van der Waals surface area (Å²) in [5.74, 6) is -5.54. The number of hydrogen-bond donors (Lipinski definition) is 2. The molecule has 0 saturated heterocycles. The molecule has 0 heterocycles. The second-order valence-corrected chi connectivity index (χ2v) is 4.99. The van der Waals surface area contributed by atoms with Crippen LogP contribution in [0.25, 0.3) is 0 Å². The van der Waals surface area contributed by atoms with Crippen molar-refractivity contribution in [2.45, 2.75) is 19.8 Å². The number of aryl methyl sites for hydroxylation is 1. The van der Waals surface area contributed by atoms with Crippen molar-refractivity contribution in [1.82, 2.24) is 5.32 Å². The number of carbonyl (C=O) groups excluding carboxylic acids is 2. The number of anilines is 1. The van der Waals surface area contributed by atoms with Crippen LogP contribution in [-0.4, -0.2) is 24.3 Å². The van der Waals surface area contributed by atoms with E-state index >= 15 is 0 Å². The van der Waals surface area contributed by atoms with E-state index < -0.39 is 24.3 Å². The van der Waals surface area contributed by atoms with Crippen LogP contribution >= 0.6 is 15.9 Å². The Bertz CT molecular complexity index is 501. The molecule has 7 heteroatoms. The Hall–Kier alpha value is -1.50. The third-order valence-corrected chi connectivity index (χ3v) is 2.76. The first-order chi connectivity index (χ1) is 8.70. The van der Waals surface area contributed by atoms with Crippen molar-refractivity contribution in [3.05, 3.63) is 28.2 Å². The zero-order valence-electron chi connectivity index (χ0n) is 10.4. The highest BCUT2D eigenvalue weighted by Gasteiger charge is 2.32. The summed E-state index contributed by atoms with van der Waals surface area (Å²) < 4.78 is 26.0. The number of amides is 2. The summed E-state index contributed by atoms with van der Waals surface area (Å²) in [6.45, 7) is 1.76. The maximum Gasteiger partial charge on any atom is 0.321 e. The molecule has 0 bridgehead atoms. The van der Waals surface area contributed by atoms with Gasteiger partial charge < -0.3 is 10.6 Å². The van der Waals surface area contributed by atoms with E-state index in [4.69, 9.17) is 0 Å². The van der Waals surface area contributed by atoms with Crippen LogP contribution in [0.4, 0.5) is 14.5 Å². The Morgan fingerprint density at radius 2 is 2.00 bits per heavy atom. The maximum absolute atomic E-state index is 12.6. The predicted molar refractivity (Wildman–Crippen MR) is 71.1 cm³/mol. The third-order valence-electron chi connectivity index (χ3n) is 2.27. The summed E-state index contributed by atoms with van der Waals surface area (Å²) in [7, 11) is 0. The minimum absolute atomic E-state index is 0.471. The maximum atomic E-state index is 12.6. The zero-order chi connectivity index (χ0) is 14.6. The van der Waals surface area contributed by atoms with Crippen molar-refractivity contribution in [3.63, 3.8) is 0 Å². The SMILES string of the molecule is Cc1cc(Br)ccc1NC(=O)CNC(=O)C(C)(F)F. The van der Waals surface area contributed by atoms with Crippen LogP contribution in [0.5, 0.6) is 0 Å². The van der Waals surface area contributed by atoms with E-state index in [1.165, 1.54) is 0 Å². The normalized spacial score (nSPS) is 11.0. The van der Waals surface area contributed by atoms with E-state index in [-0.39, 0.29) is 0 Å². The van der Waals surface area contributed by atoms with E-state index in [9.17, 15) is 18.4 Å². The van der Waals surface area contributed by atoms with Crippen LogP contribution < -0.4 is 10.6 Å². The standard InChI is InChI=1S/C12H13BrF2N2O2/c1-7-5-8(13)3-4-9(7)17-10(18)6-16-11(19)12(2,14)15/h3-5H,6H2,1-2H3,(H,16,19)(H,17,18). The van der Waals surface area contributed by atoms with Crippen LogP contribution in [0.1, 0.15) is 12.5 Å². The Balaban J connectivity index is 2.54. The average Bonchev–Trinajstić information content (AvgIpc) is 2.28. The molecule has 2 N–H and O–H groups in total. The lowest BCUT2D eigenvalue weighted by Crippen LogP contribution is -2.41. The van der Waals surface area contributed by atoms with Crippen molar-refractivity contribution < 1.29 is 18.4 Å². The summed E-state index contributed by atoms with van der Waals surface area (Å²) in [4.78, 5) is 22.4. The lowest BCUT2D eigenvalue weighted by Gasteiger charge is -2.12. The topological polar surface area (TPSA) is 58.2 Å². The average molecular weight is 335 g/mol. The number of carbonyl (C=O) groups is 2. The van der Waals surface area contributed by atoms with Gasteiger partial charge >= 0.3 is 5.92 Å². The highest BCUT2D eigenvalue weighted by molar-refractivity contribution is 9.10. The van der Waals surface area contributed by atoms with Gasteiger partial charge in [0, 0.05) is 17.1 Å². The number of alkyl halides is 2. The third kappa shape index (κ3) is 4.94. The van der Waals surface area contributed by atoms with Crippen LogP contribution in [0.2, 0.25) is 0 Å². The monoisotopic (exact) mass is 334 g/mol. The smallest absolute Gasteiger partial charge is 0.321 e. The highest BCUT2D eigenvalue weighted by atomic mass is 79.9. The van der Waals surface area contributed by atoms with Gasteiger partial charge in [-0.1, -0.05) is 15.9 Å². The van der Waals surface area contributed by atoms with E-state index in [0.29, 0.717) is 12.6 Å². The first-order valence-electron chi connectivity index (χ1n) is 5.42. The number of benzene rings is 1. The first-order valence-corrected chi connectivity index (χ1v) is 6.21. The Morgan fingerprint density at radius 3 is 2.53 bits per heavy atom. The van der Waals surface area contributed by atoms with Gasteiger partial charge in [-0.2, -0.15) is 8.78 Å². The zero-order valence-corrected chi connectivity index (χ0v) is 12.0. The minimum Gasteiger partial charge on any atom is -0.342 e. The van der Waals surface area contributed by atoms with Crippen LogP contribution in [0.15, 0.2) is 22.7 Å². The molecule has 2 amide bonds. The molecule has 1 rings (SSSR count). The molecule has 1 aromatic carbocycles. The van der Waals surface area contributed by atoms with E-state index in [1.807, 2.05) is 5.32 Å². The van der Waals surface area contributed by atoms with Crippen LogP contribution in [-0.2, 0) is 9.59 Å². The molecule has 0 aliphatic rings. The molecule has 0 fully saturated rings. The van der Waals surface area contributed by atoms with E-state index in [1.54, 1.807) is 25.1 Å². The molecular weight excluding hydrogens is 322 g/mol. The molecule has 0 aliphatic carbocycles. The lowest BCUT2D eigenvalue weighted by molar-refractivity contribution is -0.143. The molecule has 0 radical (unpaired) electrons. The summed E-state index contributed by atoms with van der Waals surface area (Å²) in [6, 6.07) is 5.21. The fraction of sp³-hybridized carbons (Fsp3) is 0.333. The number of nitrogens with one attached hydrogen (secondary N) is 2. The van der Waals surface area contributed by atoms with Crippen LogP contribution in [0, 0.1) is 6.92 Å². The molecule has 0 unspecified atom stereocenters. The number of rotatable bonds is 4. The second-order valence-electron chi connectivity index (χ2n) is 4.08. The fourth-order valence-electron chi connectivity index (χ4n) is 1.28. The first kappa shape index (κ1) is 15.6. The summed E-state index contributed by atoms with van der Waals surface area (Å²) in [5.41, 5.74) is 1.38. The van der Waals surface area contributed by atoms with Crippen molar-refractivity contribution in [2.24, 2.45) is 0 Å². The Labute approximate surface area is 117 Å². The predicted octanol–water partition coefficient (Wildman–Crippen LogP) is 2.47. The molecule has 104 valence electrons. The largest absolute Gasteiger partial charge is 0.342 e. The van der Waals surface area contributed by atoms with Gasteiger partial charge in [-0.3, -0.25) is 9.59 Å². The van der Waals surface area contributed by atoms with Crippen LogP contribution in [0.3, 0.4) is 0 Å². The van der Waals surface area contributed by atoms with Crippen molar-refractivity contribution >= 4 is 33.4 Å². The second kappa shape index (κ2) is 6.10. The molecule has 19 heavy (non-hydrogen) atoms. The quantitative estimate of drug-likeness (QED) is 0.888. The molecule has 0 aromatic heterocycles. The van der Waals surface area contributed by atoms with Gasteiger partial charge in [-0.05, 0) is 30.7 Å². The molecule has 0 atom stereocenters. The molecule has 0 saturated carbocycles. The van der Waals surface area contributed by atoms with E-state index in [0.717, 1.165) is 10.0 Å². The number of hydrogen-bond acceptors (Lipinski definition) is 2. The Morgan fingerprint density at radius 1 is 1.37 bits per heavy atom. The molecule has 0 spiro atoms. The van der Waals surface area contributed by atoms with Gasteiger partial charge in [0.25, 0.3) is 5.91 Å². The summed E-state index contributed by atoms with van der Waals surface area (Å²) >= 11 is 3.28. The molecule has 1 aromatic rings. The minimum atomic E-state index is -3.49. The van der Waals surface area contributed by atoms with Crippen molar-refractivity contribution in [3.8, 4) is 0 Å². The van der Waals surface area contributed by atoms with Gasteiger partial charge in [0.1, 0.15) is 0 Å². The highest BCUT2D eigenvalue weighted by Crippen LogP contribution is 2.19. The molecule has 4 nitrogen and oxygen atoms in total. The number of halogens is 3. The summed E-state index contributed by atoms with van der Waals surface area (Å²) in [6.07, 6.45) is 0. The summed E-state index contributed by atoms with van der Waals surface area (Å²) in [5, 5.41) is 4.39. The molecular formula is C12H13BrF2N2O2. The van der Waals surface area contributed by atoms with Crippen molar-refractivity contribution in [1.29, 1.82) is 0 Å². The fourth-order valence-corrected chi connectivity index (χ4v) is 1.75. The molecule has 0 aliphatic heterocycles. The Kier molecular flexibility index (Phi) is 4.99. The van der Waals surface area contributed by atoms with E-state index in [2.05, 4.69) is 21.2 Å². The van der Waals surface area contributed by atoms with Gasteiger partial charge in [-0.15, -0.1) is 0 Å².